The van der Waals surface area contributed by atoms with Crippen LogP contribution in [0.25, 0.3) is 0 Å². The van der Waals surface area contributed by atoms with Crippen molar-refractivity contribution in [1.82, 2.24) is 4.90 Å². The van der Waals surface area contributed by atoms with Crippen molar-refractivity contribution in [1.29, 1.82) is 0 Å². The Labute approximate surface area is 113 Å². The number of hydrogen-bond acceptors (Lipinski definition) is 2. The molecule has 0 bridgehead atoms. The van der Waals surface area contributed by atoms with Gasteiger partial charge < -0.3 is 5.73 Å². The largest absolute Gasteiger partial charge is 0.329 e. The fourth-order valence-corrected chi connectivity index (χ4v) is 4.37. The van der Waals surface area contributed by atoms with Crippen molar-refractivity contribution in [2.75, 3.05) is 13.1 Å². The van der Waals surface area contributed by atoms with Crippen LogP contribution in [0.1, 0.15) is 77.6 Å². The van der Waals surface area contributed by atoms with Crippen LogP contribution in [0.5, 0.6) is 0 Å². The maximum atomic E-state index is 6.25. The van der Waals surface area contributed by atoms with E-state index in [1.165, 1.54) is 77.2 Å². The molecule has 0 saturated heterocycles. The Bertz CT molecular complexity index is 225. The molecule has 2 fully saturated rings. The summed E-state index contributed by atoms with van der Waals surface area (Å²) in [7, 11) is 0. The van der Waals surface area contributed by atoms with Crippen molar-refractivity contribution in [3.05, 3.63) is 0 Å². The summed E-state index contributed by atoms with van der Waals surface area (Å²) >= 11 is 0. The average Bonchev–Trinajstić information content (AvgIpc) is 2.67. The first-order valence-electron chi connectivity index (χ1n) is 8.29. The molecule has 18 heavy (non-hydrogen) atoms. The fourth-order valence-electron chi connectivity index (χ4n) is 4.37. The second-order valence-electron chi connectivity index (χ2n) is 6.42. The van der Waals surface area contributed by atoms with Gasteiger partial charge >= 0.3 is 0 Å². The van der Waals surface area contributed by atoms with E-state index >= 15 is 0 Å². The predicted octanol–water partition coefficient (Wildman–Crippen LogP) is 3.69. The van der Waals surface area contributed by atoms with E-state index in [0.29, 0.717) is 5.54 Å². The minimum Gasteiger partial charge on any atom is -0.329 e. The third kappa shape index (κ3) is 3.08. The number of likely N-dealkylation sites (N-methyl/N-ethyl adjacent to an activating group) is 1. The molecule has 0 amide bonds. The first kappa shape index (κ1) is 14.3. The van der Waals surface area contributed by atoms with Crippen molar-refractivity contribution in [3.63, 3.8) is 0 Å². The van der Waals surface area contributed by atoms with Crippen molar-refractivity contribution in [2.24, 2.45) is 5.73 Å². The van der Waals surface area contributed by atoms with Gasteiger partial charge in [-0.3, -0.25) is 4.90 Å². The van der Waals surface area contributed by atoms with Gasteiger partial charge in [-0.15, -0.1) is 0 Å². The monoisotopic (exact) mass is 252 g/mol. The van der Waals surface area contributed by atoms with E-state index < -0.39 is 0 Å². The molecule has 2 aliphatic carbocycles. The highest BCUT2D eigenvalue weighted by Gasteiger charge is 2.38. The number of nitrogens with two attached hydrogens (primary N) is 1. The Hall–Kier alpha value is -0.0800. The van der Waals surface area contributed by atoms with Crippen molar-refractivity contribution >= 4 is 0 Å². The molecule has 0 aromatic heterocycles. The molecule has 0 unspecified atom stereocenters. The zero-order valence-electron chi connectivity index (χ0n) is 12.3. The highest BCUT2D eigenvalue weighted by atomic mass is 15.2. The van der Waals surface area contributed by atoms with Gasteiger partial charge in [-0.2, -0.15) is 0 Å². The van der Waals surface area contributed by atoms with Gasteiger partial charge in [0.1, 0.15) is 0 Å². The Balaban J connectivity index is 2.10. The molecule has 0 aliphatic heterocycles. The molecule has 0 aromatic carbocycles. The first-order chi connectivity index (χ1) is 8.82. The van der Waals surface area contributed by atoms with Crippen LogP contribution in [0, 0.1) is 0 Å². The molecular weight excluding hydrogens is 220 g/mol. The summed E-state index contributed by atoms with van der Waals surface area (Å²) in [5.41, 5.74) is 6.59. The van der Waals surface area contributed by atoms with Gasteiger partial charge in [-0.25, -0.2) is 0 Å². The van der Waals surface area contributed by atoms with Crippen LogP contribution in [-0.2, 0) is 0 Å². The topological polar surface area (TPSA) is 29.3 Å². The summed E-state index contributed by atoms with van der Waals surface area (Å²) in [4.78, 5) is 2.82. The zero-order chi connectivity index (χ0) is 12.8. The minimum absolute atomic E-state index is 0.341. The van der Waals surface area contributed by atoms with Gasteiger partial charge in [-0.05, 0) is 32.2 Å². The van der Waals surface area contributed by atoms with Crippen LogP contribution in [0.3, 0.4) is 0 Å². The smallest absolute Gasteiger partial charge is 0.0334 e. The van der Waals surface area contributed by atoms with Crippen LogP contribution in [0.4, 0.5) is 0 Å². The summed E-state index contributed by atoms with van der Waals surface area (Å²) in [6.45, 7) is 4.41. The number of rotatable bonds is 4. The Morgan fingerprint density at radius 2 is 1.50 bits per heavy atom. The molecule has 0 heterocycles. The van der Waals surface area contributed by atoms with E-state index in [9.17, 15) is 0 Å². The highest BCUT2D eigenvalue weighted by Crippen LogP contribution is 2.36. The summed E-state index contributed by atoms with van der Waals surface area (Å²) < 4.78 is 0. The standard InChI is InChI=1S/C16H32N2/c1-2-18(15-10-6-5-7-11-15)16(14-17)12-8-3-4-9-13-16/h15H,2-14,17H2,1H3. The van der Waals surface area contributed by atoms with E-state index in [4.69, 9.17) is 5.73 Å². The molecule has 2 N–H and O–H groups in total. The van der Waals surface area contributed by atoms with Crippen molar-refractivity contribution in [2.45, 2.75) is 89.1 Å². The normalized spacial score (nSPS) is 26.2. The molecular formula is C16H32N2. The third-order valence-electron chi connectivity index (χ3n) is 5.38. The van der Waals surface area contributed by atoms with Gasteiger partial charge in [0.05, 0.1) is 0 Å². The summed E-state index contributed by atoms with van der Waals surface area (Å²) in [5, 5.41) is 0. The molecule has 2 saturated carbocycles. The third-order valence-corrected chi connectivity index (χ3v) is 5.38. The molecule has 2 heteroatoms. The quantitative estimate of drug-likeness (QED) is 0.773. The molecule has 2 nitrogen and oxygen atoms in total. The van der Waals surface area contributed by atoms with Crippen molar-refractivity contribution < 1.29 is 0 Å². The molecule has 0 aromatic rings. The second kappa shape index (κ2) is 6.91. The highest BCUT2D eigenvalue weighted by molar-refractivity contribution is 4.96. The van der Waals surface area contributed by atoms with Crippen LogP contribution in [0.15, 0.2) is 0 Å². The maximum absolute atomic E-state index is 6.25. The lowest BCUT2D eigenvalue weighted by Gasteiger charge is -2.48. The molecule has 0 atom stereocenters. The summed E-state index contributed by atoms with van der Waals surface area (Å²) in [6.07, 6.45) is 15.4. The Morgan fingerprint density at radius 3 is 2.00 bits per heavy atom. The molecule has 0 radical (unpaired) electrons. The van der Waals surface area contributed by atoms with Crippen molar-refractivity contribution in [3.8, 4) is 0 Å². The lowest BCUT2D eigenvalue weighted by atomic mass is 9.83. The van der Waals surface area contributed by atoms with Gasteiger partial charge in [0.15, 0.2) is 0 Å². The first-order valence-corrected chi connectivity index (χ1v) is 8.29. The molecule has 0 spiro atoms. The van der Waals surface area contributed by atoms with Crippen LogP contribution >= 0.6 is 0 Å². The maximum Gasteiger partial charge on any atom is 0.0334 e. The minimum atomic E-state index is 0.341. The van der Waals surface area contributed by atoms with Gasteiger partial charge in [0, 0.05) is 18.1 Å². The second-order valence-corrected chi connectivity index (χ2v) is 6.42. The van der Waals surface area contributed by atoms with E-state index in [0.717, 1.165) is 12.6 Å². The SMILES string of the molecule is CCN(C1CCCCC1)C1(CN)CCCCCC1. The predicted molar refractivity (Wildman–Crippen MR) is 78.7 cm³/mol. The molecule has 2 rings (SSSR count). The van der Waals surface area contributed by atoms with E-state index in [1.807, 2.05) is 0 Å². The van der Waals surface area contributed by atoms with Gasteiger partial charge in [-0.1, -0.05) is 51.9 Å². The Morgan fingerprint density at radius 1 is 0.944 bits per heavy atom. The zero-order valence-corrected chi connectivity index (χ0v) is 12.3. The van der Waals surface area contributed by atoms with Crippen LogP contribution in [-0.4, -0.2) is 29.6 Å². The van der Waals surface area contributed by atoms with Gasteiger partial charge in [0.2, 0.25) is 0 Å². The molecule has 106 valence electrons. The number of hydrogen-bond donors (Lipinski definition) is 1. The average molecular weight is 252 g/mol. The van der Waals surface area contributed by atoms with E-state index in [1.54, 1.807) is 0 Å². The van der Waals surface area contributed by atoms with E-state index in [-0.39, 0.29) is 0 Å². The lowest BCUT2D eigenvalue weighted by molar-refractivity contribution is 0.0239. The lowest BCUT2D eigenvalue weighted by Crippen LogP contribution is -2.57. The van der Waals surface area contributed by atoms with Crippen LogP contribution < -0.4 is 5.73 Å². The summed E-state index contributed by atoms with van der Waals surface area (Å²) in [6, 6.07) is 0.824. The summed E-state index contributed by atoms with van der Waals surface area (Å²) in [5.74, 6) is 0. The van der Waals surface area contributed by atoms with E-state index in [2.05, 4.69) is 11.8 Å². The fraction of sp³-hybridized carbons (Fsp3) is 1.00. The van der Waals surface area contributed by atoms with Gasteiger partial charge in [0.25, 0.3) is 0 Å². The molecule has 2 aliphatic rings. The Kier molecular flexibility index (Phi) is 5.50. The van der Waals surface area contributed by atoms with Crippen LogP contribution in [0.2, 0.25) is 0 Å². The number of nitrogens with zero attached hydrogens (tertiary/aromatic N) is 1.